The molecular weight excluding hydrogens is 443 g/mol. The zero-order chi connectivity index (χ0) is 24.2. The van der Waals surface area contributed by atoms with Crippen molar-refractivity contribution in [2.24, 2.45) is 5.92 Å². The maximum atomic E-state index is 14.5. The third-order valence-electron chi connectivity index (χ3n) is 6.76. The lowest BCUT2D eigenvalue weighted by molar-refractivity contribution is 0.384. The van der Waals surface area contributed by atoms with E-state index in [1.165, 1.54) is 12.1 Å². The minimum absolute atomic E-state index is 0.0157. The van der Waals surface area contributed by atoms with E-state index in [2.05, 4.69) is 18.8 Å². The summed E-state index contributed by atoms with van der Waals surface area (Å²) in [4.78, 5) is 0. The molecule has 3 aromatic rings. The largest absolute Gasteiger partial charge is 0.206 e. The highest BCUT2D eigenvalue weighted by molar-refractivity contribution is 5.84. The van der Waals surface area contributed by atoms with Gasteiger partial charge in [-0.15, -0.1) is 0 Å². The second-order valence-corrected chi connectivity index (χ2v) is 9.18. The predicted molar refractivity (Wildman–Crippen MR) is 125 cm³/mol. The number of rotatable bonds is 5. The standard InChI is InChI=1S/C29H27F5/c1-2-3-4-5-19-9-13-21(24(30)14-19)12-8-18-6-10-20(11-7-18)22-15-23-17-26(32)28(33)29(34)27(23)25(31)16-22/h9,13-18,20H,2-7,10-11H2,1H3. The van der Waals surface area contributed by atoms with E-state index in [1.807, 2.05) is 6.07 Å². The molecule has 1 aliphatic rings. The van der Waals surface area contributed by atoms with Crippen molar-refractivity contribution in [3.05, 3.63) is 82.2 Å². The van der Waals surface area contributed by atoms with Crippen molar-refractivity contribution in [1.82, 2.24) is 0 Å². The fraction of sp³-hybridized carbons (Fsp3) is 0.379. The van der Waals surface area contributed by atoms with Gasteiger partial charge in [-0.3, -0.25) is 0 Å². The van der Waals surface area contributed by atoms with E-state index in [4.69, 9.17) is 0 Å². The highest BCUT2D eigenvalue weighted by atomic mass is 19.2. The third kappa shape index (κ3) is 5.27. The van der Waals surface area contributed by atoms with Crippen LogP contribution in [-0.4, -0.2) is 0 Å². The number of halogens is 5. The minimum atomic E-state index is -1.67. The van der Waals surface area contributed by atoms with E-state index in [1.54, 1.807) is 12.1 Å². The van der Waals surface area contributed by atoms with Crippen LogP contribution in [-0.2, 0) is 6.42 Å². The molecule has 0 bridgehead atoms. The van der Waals surface area contributed by atoms with Gasteiger partial charge in [-0.2, -0.15) is 0 Å². The van der Waals surface area contributed by atoms with Crippen molar-refractivity contribution in [1.29, 1.82) is 0 Å². The molecule has 0 radical (unpaired) electrons. The number of hydrogen-bond acceptors (Lipinski definition) is 0. The Morgan fingerprint density at radius 2 is 1.56 bits per heavy atom. The summed E-state index contributed by atoms with van der Waals surface area (Å²) in [6.07, 6.45) is 7.16. The summed E-state index contributed by atoms with van der Waals surface area (Å²) >= 11 is 0. The highest BCUT2D eigenvalue weighted by Gasteiger charge is 2.24. The van der Waals surface area contributed by atoms with Gasteiger partial charge in [-0.25, -0.2) is 22.0 Å². The van der Waals surface area contributed by atoms with Crippen molar-refractivity contribution in [3.8, 4) is 11.8 Å². The molecule has 0 spiro atoms. The van der Waals surface area contributed by atoms with Gasteiger partial charge >= 0.3 is 0 Å². The molecule has 0 aliphatic heterocycles. The molecule has 1 fully saturated rings. The Balaban J connectivity index is 1.42. The molecule has 0 nitrogen and oxygen atoms in total. The molecule has 0 heterocycles. The fourth-order valence-corrected chi connectivity index (χ4v) is 4.79. The van der Waals surface area contributed by atoms with Crippen LogP contribution in [0.2, 0.25) is 0 Å². The molecule has 0 aromatic heterocycles. The van der Waals surface area contributed by atoms with Crippen LogP contribution in [0, 0.1) is 46.8 Å². The molecule has 3 aromatic carbocycles. The third-order valence-corrected chi connectivity index (χ3v) is 6.76. The summed E-state index contributed by atoms with van der Waals surface area (Å²) in [6, 6.07) is 8.85. The fourth-order valence-electron chi connectivity index (χ4n) is 4.79. The summed E-state index contributed by atoms with van der Waals surface area (Å²) in [5, 5.41) is -0.512. The zero-order valence-electron chi connectivity index (χ0n) is 19.2. The van der Waals surface area contributed by atoms with E-state index in [9.17, 15) is 22.0 Å². The van der Waals surface area contributed by atoms with E-state index >= 15 is 0 Å². The highest BCUT2D eigenvalue weighted by Crippen LogP contribution is 2.38. The molecule has 178 valence electrons. The molecule has 34 heavy (non-hydrogen) atoms. The predicted octanol–water partition coefficient (Wildman–Crippen LogP) is 8.59. The average molecular weight is 471 g/mol. The van der Waals surface area contributed by atoms with Gasteiger partial charge in [0.25, 0.3) is 0 Å². The van der Waals surface area contributed by atoms with Gasteiger partial charge in [0.05, 0.1) is 10.9 Å². The van der Waals surface area contributed by atoms with Crippen LogP contribution >= 0.6 is 0 Å². The van der Waals surface area contributed by atoms with E-state index in [0.29, 0.717) is 11.1 Å². The summed E-state index contributed by atoms with van der Waals surface area (Å²) in [6.45, 7) is 2.14. The summed E-state index contributed by atoms with van der Waals surface area (Å²) in [7, 11) is 0. The van der Waals surface area contributed by atoms with Crippen molar-refractivity contribution < 1.29 is 22.0 Å². The monoisotopic (exact) mass is 470 g/mol. The van der Waals surface area contributed by atoms with Crippen molar-refractivity contribution in [2.75, 3.05) is 0 Å². The number of fused-ring (bicyclic) bond motifs is 1. The van der Waals surface area contributed by atoms with Gasteiger partial charge in [0.15, 0.2) is 17.5 Å². The molecule has 1 aliphatic carbocycles. The lowest BCUT2D eigenvalue weighted by Gasteiger charge is -2.26. The van der Waals surface area contributed by atoms with Gasteiger partial charge in [-0.1, -0.05) is 43.7 Å². The van der Waals surface area contributed by atoms with Gasteiger partial charge in [-0.05, 0) is 85.2 Å². The lowest BCUT2D eigenvalue weighted by atomic mass is 9.78. The number of benzene rings is 3. The molecular formula is C29H27F5. The molecule has 0 atom stereocenters. The maximum absolute atomic E-state index is 14.5. The Bertz CT molecular complexity index is 1240. The lowest BCUT2D eigenvalue weighted by Crippen LogP contribution is -2.12. The smallest absolute Gasteiger partial charge is 0.195 e. The molecule has 0 N–H and O–H groups in total. The molecule has 4 rings (SSSR count). The summed E-state index contributed by atoms with van der Waals surface area (Å²) < 4.78 is 70.1. The second-order valence-electron chi connectivity index (χ2n) is 9.18. The van der Waals surface area contributed by atoms with Crippen LogP contribution in [0.4, 0.5) is 22.0 Å². The quantitative estimate of drug-likeness (QED) is 0.152. The Morgan fingerprint density at radius 1 is 0.794 bits per heavy atom. The van der Waals surface area contributed by atoms with Crippen LogP contribution in [0.1, 0.15) is 74.5 Å². The number of unbranched alkanes of at least 4 members (excludes halogenated alkanes) is 2. The van der Waals surface area contributed by atoms with E-state index < -0.39 is 28.7 Å². The normalized spacial score (nSPS) is 18.1. The number of hydrogen-bond donors (Lipinski definition) is 0. The van der Waals surface area contributed by atoms with Crippen LogP contribution in [0.25, 0.3) is 10.8 Å². The minimum Gasteiger partial charge on any atom is -0.206 e. The molecule has 0 amide bonds. The number of aryl methyl sites for hydroxylation is 1. The summed E-state index contributed by atoms with van der Waals surface area (Å²) in [5.41, 5.74) is 2.03. The van der Waals surface area contributed by atoms with Crippen molar-refractivity contribution >= 4 is 10.8 Å². The first-order chi connectivity index (χ1) is 16.4. The molecule has 0 saturated heterocycles. The Hall–Kier alpha value is -2.87. The van der Waals surface area contributed by atoms with Crippen LogP contribution in [0.3, 0.4) is 0 Å². The van der Waals surface area contributed by atoms with Crippen molar-refractivity contribution in [2.45, 2.75) is 64.2 Å². The van der Waals surface area contributed by atoms with E-state index in [-0.39, 0.29) is 23.0 Å². The van der Waals surface area contributed by atoms with Crippen LogP contribution in [0.15, 0.2) is 36.4 Å². The molecule has 1 saturated carbocycles. The first kappa shape index (κ1) is 24.3. The van der Waals surface area contributed by atoms with Gasteiger partial charge in [0.2, 0.25) is 0 Å². The molecule has 0 unspecified atom stereocenters. The zero-order valence-corrected chi connectivity index (χ0v) is 19.2. The van der Waals surface area contributed by atoms with Crippen LogP contribution in [0.5, 0.6) is 0 Å². The Kier molecular flexibility index (Phi) is 7.56. The first-order valence-corrected chi connectivity index (χ1v) is 11.9. The molecule has 5 heteroatoms. The average Bonchev–Trinajstić information content (AvgIpc) is 2.82. The Labute approximate surface area is 197 Å². The topological polar surface area (TPSA) is 0 Å². The summed E-state index contributed by atoms with van der Waals surface area (Å²) in [5.74, 6) is 0.603. The Morgan fingerprint density at radius 3 is 2.26 bits per heavy atom. The van der Waals surface area contributed by atoms with E-state index in [0.717, 1.165) is 63.0 Å². The van der Waals surface area contributed by atoms with Gasteiger partial charge < -0.3 is 0 Å². The maximum Gasteiger partial charge on any atom is 0.195 e. The van der Waals surface area contributed by atoms with Crippen LogP contribution < -0.4 is 0 Å². The van der Waals surface area contributed by atoms with Gasteiger partial charge in [0.1, 0.15) is 11.6 Å². The van der Waals surface area contributed by atoms with Crippen molar-refractivity contribution in [3.63, 3.8) is 0 Å². The SMILES string of the molecule is CCCCCc1ccc(C#CC2CCC(c3cc(F)c4c(F)c(F)c(F)cc4c3)CC2)c(F)c1. The second kappa shape index (κ2) is 10.6. The first-order valence-electron chi connectivity index (χ1n) is 11.9. The van der Waals surface area contributed by atoms with Gasteiger partial charge in [0, 0.05) is 5.92 Å².